The summed E-state index contributed by atoms with van der Waals surface area (Å²) in [5.74, 6) is -0.421. The van der Waals surface area contributed by atoms with E-state index in [1.165, 1.54) is 159 Å². The fourth-order valence-corrected chi connectivity index (χ4v) is 13.2. The van der Waals surface area contributed by atoms with Crippen LogP contribution in [0.4, 0.5) is 65.9 Å². The van der Waals surface area contributed by atoms with Gasteiger partial charge in [0.2, 0.25) is 0 Å². The number of rotatable bonds is 24. The minimum absolute atomic E-state index is 0.0532. The second-order valence-corrected chi connectivity index (χ2v) is 30.2. The molecule has 2 aliphatic rings. The summed E-state index contributed by atoms with van der Waals surface area (Å²) in [6.07, 6.45) is -6.79. The molecule has 2 saturated carbocycles. The van der Waals surface area contributed by atoms with Crippen molar-refractivity contribution in [2.75, 3.05) is 13.2 Å². The third-order valence-corrected chi connectivity index (χ3v) is 22.5. The van der Waals surface area contributed by atoms with Crippen molar-refractivity contribution in [1.82, 2.24) is 0 Å². The topological polar surface area (TPSA) is 78.9 Å². The number of ether oxygens (including phenoxy) is 3. The van der Waals surface area contributed by atoms with Gasteiger partial charge in [-0.05, 0) is 223 Å². The van der Waals surface area contributed by atoms with Crippen molar-refractivity contribution >= 4 is 17.9 Å². The summed E-state index contributed by atoms with van der Waals surface area (Å²) in [7, 11) is 0. The van der Waals surface area contributed by atoms with Crippen LogP contribution >= 0.6 is 0 Å². The summed E-state index contributed by atoms with van der Waals surface area (Å²) in [5, 5.41) is 0. The highest BCUT2D eigenvalue weighted by Gasteiger charge is 2.55. The predicted octanol–water partition coefficient (Wildman–Crippen LogP) is 27.9. The smallest absolute Gasteiger partial charge is 0.398 e. The molecule has 0 aliphatic heterocycles. The lowest BCUT2D eigenvalue weighted by Crippen LogP contribution is -2.41. The van der Waals surface area contributed by atoms with E-state index < -0.39 is 75.9 Å². The van der Waals surface area contributed by atoms with Crippen LogP contribution < -0.4 is 0 Å². The van der Waals surface area contributed by atoms with Crippen molar-refractivity contribution in [3.05, 3.63) is 176 Å². The average Bonchev–Trinajstić information content (AvgIpc) is 0.767. The summed E-state index contributed by atoms with van der Waals surface area (Å²) in [6.45, 7) is 28.3. The fraction of sp³-hybridized carbons (Fsp3) is 0.616. The molecule has 0 aromatic heterocycles. The predicted molar refractivity (Wildman–Crippen MR) is 397 cm³/mol. The number of esters is 3. The van der Waals surface area contributed by atoms with Crippen LogP contribution in [0.15, 0.2) is 115 Å². The molecule has 0 saturated heterocycles. The molecule has 6 nitrogen and oxygen atoms in total. The van der Waals surface area contributed by atoms with E-state index in [0.29, 0.717) is 48.2 Å². The molecule has 21 heteroatoms. The molecule has 5 aromatic rings. The van der Waals surface area contributed by atoms with Crippen LogP contribution in [0, 0.1) is 5.92 Å². The summed E-state index contributed by atoms with van der Waals surface area (Å²) in [6, 6.07) is 29.4. The van der Waals surface area contributed by atoms with Gasteiger partial charge in [0.15, 0.2) is 0 Å². The van der Waals surface area contributed by atoms with E-state index in [4.69, 9.17) is 14.2 Å². The lowest BCUT2D eigenvalue weighted by molar-refractivity contribution is -0.187. The molecule has 0 spiro atoms. The number of hydrogen-bond acceptors (Lipinski definition) is 6. The Kier molecular flexibility index (Phi) is 36.2. The van der Waals surface area contributed by atoms with E-state index in [9.17, 15) is 80.2 Å². The highest BCUT2D eigenvalue weighted by Crippen LogP contribution is 2.50. The Labute approximate surface area is 626 Å². The van der Waals surface area contributed by atoms with E-state index >= 15 is 0 Å². The molecule has 0 amide bonds. The van der Waals surface area contributed by atoms with Crippen molar-refractivity contribution in [2.24, 2.45) is 5.92 Å². The van der Waals surface area contributed by atoms with Gasteiger partial charge >= 0.3 is 48.8 Å². The number of carbonyl (C=O) groups excluding carboxylic acids is 3. The zero-order valence-corrected chi connectivity index (χ0v) is 65.8. The van der Waals surface area contributed by atoms with Gasteiger partial charge in [0.25, 0.3) is 0 Å². The maximum Gasteiger partial charge on any atom is 0.398 e. The molecule has 0 radical (unpaired) electrons. The van der Waals surface area contributed by atoms with Crippen molar-refractivity contribution in [1.29, 1.82) is 0 Å². The van der Waals surface area contributed by atoms with Crippen molar-refractivity contribution in [2.45, 2.75) is 322 Å². The molecule has 602 valence electrons. The summed E-state index contributed by atoms with van der Waals surface area (Å²) >= 11 is 0. The van der Waals surface area contributed by atoms with Crippen LogP contribution in [-0.4, -0.2) is 68.1 Å². The Morgan fingerprint density at radius 3 is 0.981 bits per heavy atom. The van der Waals surface area contributed by atoms with Crippen LogP contribution in [0.5, 0.6) is 0 Å². The monoisotopic (exact) mass is 1530 g/mol. The Morgan fingerprint density at radius 2 is 0.692 bits per heavy atom. The minimum Gasteiger partial charge on any atom is -0.462 e. The zero-order chi connectivity index (χ0) is 81.4. The van der Waals surface area contributed by atoms with Crippen LogP contribution in [-0.2, 0) is 41.3 Å². The molecule has 2 aliphatic carbocycles. The number of benzene rings is 5. The molecule has 6 atom stereocenters. The van der Waals surface area contributed by atoms with E-state index in [1.54, 1.807) is 26.0 Å². The number of hydrogen-bond donors (Lipinski definition) is 0. The van der Waals surface area contributed by atoms with Crippen LogP contribution in [0.1, 0.15) is 333 Å². The molecule has 107 heavy (non-hydrogen) atoms. The summed E-state index contributed by atoms with van der Waals surface area (Å²) < 4.78 is 215. The number of alkyl halides is 15. The highest BCUT2D eigenvalue weighted by molar-refractivity contribution is 5.90. The molecule has 0 bridgehead atoms. The van der Waals surface area contributed by atoms with Crippen molar-refractivity contribution in [3.63, 3.8) is 0 Å². The van der Waals surface area contributed by atoms with Gasteiger partial charge in [0, 0.05) is 0 Å². The van der Waals surface area contributed by atoms with E-state index in [2.05, 4.69) is 6.92 Å². The molecule has 5 aromatic carbocycles. The second-order valence-electron chi connectivity index (χ2n) is 30.2. The van der Waals surface area contributed by atoms with Crippen molar-refractivity contribution in [3.8, 4) is 0 Å². The minimum atomic E-state index is -4.34. The summed E-state index contributed by atoms with van der Waals surface area (Å²) in [4.78, 5) is 35.7. The first kappa shape index (κ1) is 94.7. The molecular weight excluding hydrogens is 1410 g/mol. The van der Waals surface area contributed by atoms with Gasteiger partial charge in [-0.25, -0.2) is 14.4 Å². The lowest BCUT2D eigenvalue weighted by Gasteiger charge is -2.36. The van der Waals surface area contributed by atoms with Gasteiger partial charge in [0.1, 0.15) is 6.10 Å². The Morgan fingerprint density at radius 1 is 0.383 bits per heavy atom. The van der Waals surface area contributed by atoms with Crippen LogP contribution in [0.25, 0.3) is 0 Å². The molecule has 2 fully saturated rings. The Balaban J connectivity index is 0.000000348. The Bertz CT molecular complexity index is 3430. The molecular formula is C86H117F15O6. The third-order valence-electron chi connectivity index (χ3n) is 22.5. The molecule has 6 unspecified atom stereocenters. The largest absolute Gasteiger partial charge is 0.462 e. The first-order valence-electron chi connectivity index (χ1n) is 38.1. The molecule has 7 rings (SSSR count). The maximum atomic E-state index is 13.7. The van der Waals surface area contributed by atoms with Gasteiger partial charge in [-0.1, -0.05) is 200 Å². The standard InChI is InChI=1S/C19H27F3O2.C18H23F3O2.C17H23F3.C17H25F3.C15H19F3O2/c1-5-8-14(6-2)13-24-17(23)15-9-11-16(12-10-15)18(4,7-3)19(20,21)22;1-3-17(2,18(19,20)21)14-11-9-13(10-12-14)16(22)23-15-7-5-4-6-8-15;1-3-16(2,17(18,19)20)15-11-9-14(10-12-15)13-7-5-4-6-8-13;1-7-16(6,17(18,19)20)15-13(11(2)3)9-8-10-14(15)12(4)5;1-4-10-20-13(19)11-6-8-12(9-7-11)14(3,5-2)15(16,17)18/h9-12,14H,5-8,13H2,1-4H3;9-12,15H,3-8H2,1-2H3;9-13H,3-8H2,1-2H3;8-12H,7H2,1-6H3;6-9H,4-5,10H2,1-3H3. The summed E-state index contributed by atoms with van der Waals surface area (Å²) in [5.41, 5.74) is -4.20. The van der Waals surface area contributed by atoms with Gasteiger partial charge in [-0.3, -0.25) is 0 Å². The maximum absolute atomic E-state index is 13.7. The van der Waals surface area contributed by atoms with Gasteiger partial charge in [-0.2, -0.15) is 65.9 Å². The quantitative estimate of drug-likeness (QED) is 0.0348. The van der Waals surface area contributed by atoms with E-state index in [0.717, 1.165) is 69.4 Å². The zero-order valence-electron chi connectivity index (χ0n) is 65.8. The third kappa shape index (κ3) is 24.7. The van der Waals surface area contributed by atoms with Gasteiger partial charge in [-0.15, -0.1) is 0 Å². The molecule has 0 heterocycles. The number of carbonyl (C=O) groups is 3. The van der Waals surface area contributed by atoms with Gasteiger partial charge < -0.3 is 14.2 Å². The highest BCUT2D eigenvalue weighted by atomic mass is 19.4. The Hall–Kier alpha value is -6.54. The fourth-order valence-electron chi connectivity index (χ4n) is 13.2. The first-order valence-corrected chi connectivity index (χ1v) is 38.1. The van der Waals surface area contributed by atoms with E-state index in [1.807, 2.05) is 71.9 Å². The lowest BCUT2D eigenvalue weighted by atomic mass is 9.71. The first-order chi connectivity index (χ1) is 49.7. The molecule has 0 N–H and O–H groups in total. The average molecular weight is 1530 g/mol. The van der Waals surface area contributed by atoms with Gasteiger partial charge in [0.05, 0.1) is 57.0 Å². The van der Waals surface area contributed by atoms with Crippen LogP contribution in [0.3, 0.4) is 0 Å². The normalized spacial score (nSPS) is 17.2. The van der Waals surface area contributed by atoms with E-state index in [-0.39, 0.29) is 77.9 Å². The number of halogens is 15. The second kappa shape index (κ2) is 40.9. The van der Waals surface area contributed by atoms with Crippen LogP contribution in [0.2, 0.25) is 0 Å². The van der Waals surface area contributed by atoms with Crippen molar-refractivity contribution < 1.29 is 94.5 Å². The SMILES string of the molecule is CCC(C)(c1c(C(C)C)cccc1C(C)C)C(F)(F)F.CCC(C)(c1ccc(C(=O)OC2CCCCC2)cc1)C(F)(F)F.CCC(C)(c1ccc(C2CCCCC2)cc1)C(F)(F)F.CCCC(CC)COC(=O)c1ccc(C(C)(CC)C(F)(F)F)cc1.CCCOC(=O)c1ccc(C(C)(CC)C(F)(F)F)cc1.